The number of rotatable bonds is 4. The molecule has 0 bridgehead atoms. The van der Waals surface area contributed by atoms with E-state index in [2.05, 4.69) is 28.8 Å². The number of amides is 2. The lowest BCUT2D eigenvalue weighted by atomic mass is 9.92. The first-order valence-corrected chi connectivity index (χ1v) is 11.4. The summed E-state index contributed by atoms with van der Waals surface area (Å²) >= 11 is 1.50. The summed E-state index contributed by atoms with van der Waals surface area (Å²) in [7, 11) is 0. The summed E-state index contributed by atoms with van der Waals surface area (Å²) in [5, 5.41) is 6.87. The van der Waals surface area contributed by atoms with Crippen molar-refractivity contribution in [3.05, 3.63) is 84.1 Å². The summed E-state index contributed by atoms with van der Waals surface area (Å²) in [6.07, 6.45) is 0.200. The minimum atomic E-state index is -0.128. The van der Waals surface area contributed by atoms with E-state index in [9.17, 15) is 9.59 Å². The van der Waals surface area contributed by atoms with Gasteiger partial charge in [-0.1, -0.05) is 48.5 Å². The molecule has 0 atom stereocenters. The number of hydrogen-bond donors (Lipinski definition) is 2. The molecule has 2 heterocycles. The predicted molar refractivity (Wildman–Crippen MR) is 130 cm³/mol. The Balaban J connectivity index is 1.49. The van der Waals surface area contributed by atoms with Crippen LogP contribution in [0.15, 0.2) is 77.7 Å². The number of thioether (sulfide) groups is 1. The van der Waals surface area contributed by atoms with Crippen molar-refractivity contribution in [2.24, 2.45) is 0 Å². The molecular formula is C26H21N3O2S. The van der Waals surface area contributed by atoms with Crippen LogP contribution in [-0.4, -0.2) is 22.6 Å². The fourth-order valence-corrected chi connectivity index (χ4v) is 4.84. The zero-order chi connectivity index (χ0) is 22.1. The fraction of sp³-hybridized carbons (Fsp3) is 0.115. The lowest BCUT2D eigenvalue weighted by Gasteiger charge is -2.18. The van der Waals surface area contributed by atoms with Crippen LogP contribution in [0.3, 0.4) is 0 Å². The normalized spacial score (nSPS) is 12.8. The summed E-state index contributed by atoms with van der Waals surface area (Å²) < 4.78 is 0. The second-order valence-electron chi connectivity index (χ2n) is 7.71. The second kappa shape index (κ2) is 8.48. The molecule has 5 nitrogen and oxygen atoms in total. The van der Waals surface area contributed by atoms with E-state index in [4.69, 9.17) is 4.98 Å². The summed E-state index contributed by atoms with van der Waals surface area (Å²) in [4.78, 5) is 30.5. The number of nitrogens with one attached hydrogen (secondary N) is 2. The minimum absolute atomic E-state index is 0.0312. The minimum Gasteiger partial charge on any atom is -0.326 e. The Bertz CT molecular complexity index is 1350. The van der Waals surface area contributed by atoms with Gasteiger partial charge in [0, 0.05) is 21.7 Å². The number of pyridine rings is 1. The van der Waals surface area contributed by atoms with Gasteiger partial charge >= 0.3 is 0 Å². The predicted octanol–water partition coefficient (Wildman–Crippen LogP) is 5.44. The molecule has 1 aliphatic rings. The first-order valence-electron chi connectivity index (χ1n) is 10.4. The molecule has 0 saturated carbocycles. The average molecular weight is 440 g/mol. The summed E-state index contributed by atoms with van der Waals surface area (Å²) in [6.45, 7) is 1.95. The molecule has 0 spiro atoms. The number of benzene rings is 3. The van der Waals surface area contributed by atoms with Gasteiger partial charge in [-0.05, 0) is 47.9 Å². The topological polar surface area (TPSA) is 71.1 Å². The second-order valence-corrected chi connectivity index (χ2v) is 8.72. The Morgan fingerprint density at radius 1 is 1.06 bits per heavy atom. The number of carbonyl (C=O) groups excluding carboxylic acids is 2. The highest BCUT2D eigenvalue weighted by molar-refractivity contribution is 8.00. The molecule has 0 fully saturated rings. The molecule has 32 heavy (non-hydrogen) atoms. The summed E-state index contributed by atoms with van der Waals surface area (Å²) in [6, 6.07) is 23.7. The van der Waals surface area contributed by atoms with Crippen LogP contribution in [0.1, 0.15) is 11.3 Å². The molecule has 5 rings (SSSR count). The lowest BCUT2D eigenvalue weighted by Crippen LogP contribution is -2.20. The van der Waals surface area contributed by atoms with Crippen molar-refractivity contribution >= 4 is 45.9 Å². The van der Waals surface area contributed by atoms with Crippen LogP contribution in [0.5, 0.6) is 0 Å². The van der Waals surface area contributed by atoms with Gasteiger partial charge in [0.15, 0.2) is 0 Å². The Hall–Kier alpha value is -3.64. The molecule has 0 unspecified atom stereocenters. The summed E-state index contributed by atoms with van der Waals surface area (Å²) in [5.41, 5.74) is 6.15. The van der Waals surface area contributed by atoms with Gasteiger partial charge in [0.2, 0.25) is 11.8 Å². The molecule has 2 amide bonds. The molecule has 0 aliphatic carbocycles. The van der Waals surface area contributed by atoms with E-state index in [-0.39, 0.29) is 18.2 Å². The fourth-order valence-electron chi connectivity index (χ4n) is 4.05. The third-order valence-corrected chi connectivity index (χ3v) is 6.57. The number of fused-ring (bicyclic) bond motifs is 2. The number of anilines is 2. The Morgan fingerprint density at radius 3 is 2.69 bits per heavy atom. The number of aryl methyl sites for hydroxylation is 1. The number of carbonyl (C=O) groups is 2. The molecule has 1 aliphatic heterocycles. The zero-order valence-corrected chi connectivity index (χ0v) is 18.3. The zero-order valence-electron chi connectivity index (χ0n) is 17.5. The van der Waals surface area contributed by atoms with E-state index in [0.717, 1.165) is 43.9 Å². The van der Waals surface area contributed by atoms with Crippen LogP contribution in [0.4, 0.5) is 11.4 Å². The molecule has 1 aromatic heterocycles. The Kier molecular flexibility index (Phi) is 5.37. The van der Waals surface area contributed by atoms with Crippen molar-refractivity contribution in [3.8, 4) is 11.1 Å². The van der Waals surface area contributed by atoms with Gasteiger partial charge in [-0.25, -0.2) is 0 Å². The lowest BCUT2D eigenvalue weighted by molar-refractivity contribution is -0.115. The molecular weight excluding hydrogens is 418 g/mol. The van der Waals surface area contributed by atoms with Crippen molar-refractivity contribution in [1.29, 1.82) is 0 Å². The van der Waals surface area contributed by atoms with Crippen LogP contribution in [0, 0.1) is 6.92 Å². The van der Waals surface area contributed by atoms with Crippen molar-refractivity contribution in [2.45, 2.75) is 18.2 Å². The van der Waals surface area contributed by atoms with Crippen LogP contribution in [0.2, 0.25) is 0 Å². The van der Waals surface area contributed by atoms with Gasteiger partial charge in [0.1, 0.15) is 0 Å². The third kappa shape index (κ3) is 3.97. The average Bonchev–Trinajstić information content (AvgIpc) is 2.80. The number of nitrogens with zero attached hydrogens (tertiary/aromatic N) is 1. The van der Waals surface area contributed by atoms with E-state index >= 15 is 0 Å². The van der Waals surface area contributed by atoms with Crippen LogP contribution >= 0.6 is 11.8 Å². The van der Waals surface area contributed by atoms with Gasteiger partial charge in [-0.2, -0.15) is 0 Å². The van der Waals surface area contributed by atoms with Crippen LogP contribution in [0.25, 0.3) is 22.0 Å². The van der Waals surface area contributed by atoms with Crippen LogP contribution < -0.4 is 10.6 Å². The monoisotopic (exact) mass is 439 g/mol. The number of aromatic nitrogens is 1. The highest BCUT2D eigenvalue weighted by Crippen LogP contribution is 2.35. The first kappa shape index (κ1) is 20.3. The van der Waals surface area contributed by atoms with Gasteiger partial charge in [-0.15, -0.1) is 11.8 Å². The third-order valence-electron chi connectivity index (χ3n) is 5.50. The maximum absolute atomic E-state index is 13.1. The molecule has 2 N–H and O–H groups in total. The van der Waals surface area contributed by atoms with Gasteiger partial charge in [0.25, 0.3) is 0 Å². The SMILES string of the molecule is Cc1nc2ccccc2c(-c2ccccc2)c1CC(=O)Nc1ccc2c(c1)NC(=O)CS2. The summed E-state index contributed by atoms with van der Waals surface area (Å²) in [5.74, 6) is 0.253. The smallest absolute Gasteiger partial charge is 0.234 e. The van der Waals surface area contributed by atoms with E-state index in [0.29, 0.717) is 11.4 Å². The number of hydrogen-bond acceptors (Lipinski definition) is 4. The Morgan fingerprint density at radius 2 is 1.84 bits per heavy atom. The molecule has 0 radical (unpaired) electrons. The largest absolute Gasteiger partial charge is 0.326 e. The molecule has 158 valence electrons. The van der Waals surface area contributed by atoms with Crippen molar-refractivity contribution in [1.82, 2.24) is 4.98 Å². The maximum Gasteiger partial charge on any atom is 0.234 e. The van der Waals surface area contributed by atoms with E-state index in [1.54, 1.807) is 6.07 Å². The van der Waals surface area contributed by atoms with Gasteiger partial charge < -0.3 is 10.6 Å². The van der Waals surface area contributed by atoms with E-state index in [1.807, 2.05) is 55.5 Å². The van der Waals surface area contributed by atoms with Crippen molar-refractivity contribution in [3.63, 3.8) is 0 Å². The molecule has 0 saturated heterocycles. The quantitative estimate of drug-likeness (QED) is 0.444. The maximum atomic E-state index is 13.1. The highest BCUT2D eigenvalue weighted by Gasteiger charge is 2.19. The standard InChI is InChI=1S/C26H21N3O2S/c1-16-20(14-24(30)28-18-11-12-23-22(13-18)29-25(31)15-32-23)26(17-7-3-2-4-8-17)19-9-5-6-10-21(19)27-16/h2-13H,14-15H2,1H3,(H,28,30)(H,29,31). The van der Waals surface area contributed by atoms with Crippen molar-refractivity contribution in [2.75, 3.05) is 16.4 Å². The Labute approximate surface area is 190 Å². The van der Waals surface area contributed by atoms with E-state index < -0.39 is 0 Å². The molecule has 3 aromatic carbocycles. The first-order chi connectivity index (χ1) is 15.6. The van der Waals surface area contributed by atoms with Gasteiger partial charge in [0.05, 0.1) is 23.4 Å². The van der Waals surface area contributed by atoms with Crippen LogP contribution in [-0.2, 0) is 16.0 Å². The molecule has 4 aromatic rings. The number of para-hydroxylation sites is 1. The highest BCUT2D eigenvalue weighted by atomic mass is 32.2. The van der Waals surface area contributed by atoms with Gasteiger partial charge in [-0.3, -0.25) is 14.6 Å². The molecule has 6 heteroatoms. The van der Waals surface area contributed by atoms with Crippen molar-refractivity contribution < 1.29 is 9.59 Å². The van der Waals surface area contributed by atoms with E-state index in [1.165, 1.54) is 11.8 Å².